The zero-order valence-electron chi connectivity index (χ0n) is 12.7. The van der Waals surface area contributed by atoms with Gasteiger partial charge in [-0.05, 0) is 29.8 Å². The van der Waals surface area contributed by atoms with E-state index in [-0.39, 0.29) is 11.7 Å². The van der Waals surface area contributed by atoms with Crippen molar-refractivity contribution in [2.45, 2.75) is 5.75 Å². The van der Waals surface area contributed by atoms with Crippen LogP contribution >= 0.6 is 0 Å². The number of amides is 1. The van der Waals surface area contributed by atoms with E-state index in [1.165, 1.54) is 4.90 Å². The largest absolute Gasteiger partial charge is 0.457 e. The zero-order valence-corrected chi connectivity index (χ0v) is 13.5. The van der Waals surface area contributed by atoms with Crippen LogP contribution in [0.2, 0.25) is 0 Å². The monoisotopic (exact) mass is 317 g/mol. The molecule has 0 heterocycles. The Labute approximate surface area is 133 Å². The third-order valence-electron chi connectivity index (χ3n) is 2.99. The Kier molecular flexibility index (Phi) is 5.72. The van der Waals surface area contributed by atoms with Gasteiger partial charge in [0.2, 0.25) is 5.91 Å². The van der Waals surface area contributed by atoms with Crippen LogP contribution in [0.25, 0.3) is 0 Å². The molecule has 0 saturated heterocycles. The molecule has 5 heteroatoms. The highest BCUT2D eigenvalue weighted by Gasteiger charge is 2.11. The van der Waals surface area contributed by atoms with Crippen molar-refractivity contribution in [1.29, 1.82) is 0 Å². The predicted molar refractivity (Wildman–Crippen MR) is 88.4 cm³/mol. The van der Waals surface area contributed by atoms with Gasteiger partial charge in [0.1, 0.15) is 17.3 Å². The lowest BCUT2D eigenvalue weighted by Crippen LogP contribution is -2.27. The maximum absolute atomic E-state index is 12.0. The van der Waals surface area contributed by atoms with Gasteiger partial charge in [-0.2, -0.15) is 0 Å². The van der Waals surface area contributed by atoms with Crippen molar-refractivity contribution in [2.75, 3.05) is 19.8 Å². The van der Waals surface area contributed by atoms with Crippen LogP contribution in [0.5, 0.6) is 11.5 Å². The van der Waals surface area contributed by atoms with Crippen molar-refractivity contribution in [3.8, 4) is 11.5 Å². The van der Waals surface area contributed by atoms with Gasteiger partial charge in [0.05, 0.1) is 0 Å². The van der Waals surface area contributed by atoms with Gasteiger partial charge < -0.3 is 9.64 Å². The summed E-state index contributed by atoms with van der Waals surface area (Å²) in [5, 5.41) is 0. The van der Waals surface area contributed by atoms with Crippen LogP contribution < -0.4 is 4.74 Å². The Hall–Kier alpha value is -2.14. The lowest BCUT2D eigenvalue weighted by molar-refractivity contribution is -0.125. The fourth-order valence-electron chi connectivity index (χ4n) is 1.83. The molecule has 1 amide bonds. The van der Waals surface area contributed by atoms with E-state index < -0.39 is 10.8 Å². The minimum absolute atomic E-state index is 0.0385. The molecule has 0 radical (unpaired) electrons. The Morgan fingerprint density at radius 3 is 2.41 bits per heavy atom. The molecule has 0 aliphatic rings. The highest BCUT2D eigenvalue weighted by atomic mass is 32.2. The second-order valence-electron chi connectivity index (χ2n) is 5.08. The number of hydrogen-bond acceptors (Lipinski definition) is 3. The molecular weight excluding hydrogens is 298 g/mol. The van der Waals surface area contributed by atoms with E-state index >= 15 is 0 Å². The number of carbonyl (C=O) groups excluding carboxylic acids is 1. The van der Waals surface area contributed by atoms with Crippen molar-refractivity contribution in [3.63, 3.8) is 0 Å². The molecule has 0 saturated carbocycles. The predicted octanol–water partition coefficient (Wildman–Crippen LogP) is 2.82. The first-order valence-corrected chi connectivity index (χ1v) is 8.40. The third kappa shape index (κ3) is 5.00. The molecule has 2 rings (SSSR count). The fourth-order valence-corrected chi connectivity index (χ4v) is 3.01. The summed E-state index contributed by atoms with van der Waals surface area (Å²) in [6, 6.07) is 16.9. The van der Waals surface area contributed by atoms with Crippen LogP contribution in [-0.4, -0.2) is 34.9 Å². The molecule has 22 heavy (non-hydrogen) atoms. The maximum atomic E-state index is 12.0. The summed E-state index contributed by atoms with van der Waals surface area (Å²) in [6.07, 6.45) is 0. The first-order chi connectivity index (χ1) is 10.5. The Balaban J connectivity index is 1.99. The molecule has 0 aliphatic heterocycles. The van der Waals surface area contributed by atoms with Gasteiger partial charge in [-0.1, -0.05) is 30.3 Å². The van der Waals surface area contributed by atoms with Crippen molar-refractivity contribution in [2.24, 2.45) is 0 Å². The molecule has 0 fully saturated rings. The summed E-state index contributed by atoms with van der Waals surface area (Å²) < 4.78 is 17.8. The van der Waals surface area contributed by atoms with Crippen molar-refractivity contribution < 1.29 is 13.7 Å². The second kappa shape index (κ2) is 7.75. The minimum atomic E-state index is -1.22. The SMILES string of the molecule is CN(C)C(=O)C[S@@](=O)Cc1cccc(Oc2ccccc2)c1. The van der Waals surface area contributed by atoms with E-state index in [0.717, 1.165) is 11.3 Å². The lowest BCUT2D eigenvalue weighted by Gasteiger charge is -2.10. The zero-order chi connectivity index (χ0) is 15.9. The molecule has 0 aliphatic carbocycles. The smallest absolute Gasteiger partial charge is 0.234 e. The lowest BCUT2D eigenvalue weighted by atomic mass is 10.2. The average Bonchev–Trinajstić information content (AvgIpc) is 2.48. The maximum Gasteiger partial charge on any atom is 0.234 e. The number of ether oxygens (including phenoxy) is 1. The quantitative estimate of drug-likeness (QED) is 0.823. The topological polar surface area (TPSA) is 46.6 Å². The number of benzene rings is 2. The fraction of sp³-hybridized carbons (Fsp3) is 0.235. The number of hydrogen-bond donors (Lipinski definition) is 0. The molecule has 0 unspecified atom stereocenters. The van der Waals surface area contributed by atoms with E-state index in [2.05, 4.69) is 0 Å². The van der Waals surface area contributed by atoms with E-state index in [4.69, 9.17) is 4.74 Å². The molecule has 0 spiro atoms. The van der Waals surface area contributed by atoms with E-state index in [0.29, 0.717) is 11.5 Å². The molecule has 2 aromatic rings. The summed E-state index contributed by atoms with van der Waals surface area (Å²) >= 11 is 0. The van der Waals surface area contributed by atoms with E-state index in [9.17, 15) is 9.00 Å². The van der Waals surface area contributed by atoms with Gasteiger partial charge >= 0.3 is 0 Å². The number of para-hydroxylation sites is 1. The standard InChI is InChI=1S/C17H19NO3S/c1-18(2)17(19)13-22(20)12-14-7-6-10-16(11-14)21-15-8-4-3-5-9-15/h3-11H,12-13H2,1-2H3/t22-/m0/s1. The first-order valence-electron chi connectivity index (χ1n) is 6.91. The summed E-state index contributed by atoms with van der Waals surface area (Å²) in [5.41, 5.74) is 0.887. The van der Waals surface area contributed by atoms with Gasteiger partial charge in [0, 0.05) is 30.6 Å². The summed E-state index contributed by atoms with van der Waals surface area (Å²) in [6.45, 7) is 0. The Morgan fingerprint density at radius 2 is 1.73 bits per heavy atom. The average molecular weight is 317 g/mol. The van der Waals surface area contributed by atoms with Crippen LogP contribution in [0, 0.1) is 0 Å². The summed E-state index contributed by atoms with van der Waals surface area (Å²) in [4.78, 5) is 13.0. The molecular formula is C17H19NO3S. The van der Waals surface area contributed by atoms with Gasteiger partial charge in [-0.3, -0.25) is 9.00 Å². The minimum Gasteiger partial charge on any atom is -0.457 e. The molecule has 0 N–H and O–H groups in total. The van der Waals surface area contributed by atoms with Crippen molar-refractivity contribution in [1.82, 2.24) is 4.90 Å². The van der Waals surface area contributed by atoms with Gasteiger partial charge in [0.15, 0.2) is 0 Å². The highest BCUT2D eigenvalue weighted by Crippen LogP contribution is 2.22. The van der Waals surface area contributed by atoms with E-state index in [1.54, 1.807) is 14.1 Å². The van der Waals surface area contributed by atoms with Crippen LogP contribution in [0.15, 0.2) is 54.6 Å². The number of rotatable bonds is 6. The molecule has 2 aromatic carbocycles. The molecule has 0 aromatic heterocycles. The molecule has 0 bridgehead atoms. The molecule has 1 atom stereocenters. The van der Waals surface area contributed by atoms with Crippen molar-refractivity contribution >= 4 is 16.7 Å². The van der Waals surface area contributed by atoms with Crippen LogP contribution in [0.3, 0.4) is 0 Å². The number of nitrogens with zero attached hydrogens (tertiary/aromatic N) is 1. The summed E-state index contributed by atoms with van der Waals surface area (Å²) in [7, 11) is 2.10. The van der Waals surface area contributed by atoms with Gasteiger partial charge in [0.25, 0.3) is 0 Å². The first kappa shape index (κ1) is 16.2. The van der Waals surface area contributed by atoms with E-state index in [1.807, 2.05) is 54.6 Å². The molecule has 4 nitrogen and oxygen atoms in total. The number of carbonyl (C=O) groups is 1. The van der Waals surface area contributed by atoms with Crippen LogP contribution in [-0.2, 0) is 21.3 Å². The summed E-state index contributed by atoms with van der Waals surface area (Å²) in [5.74, 6) is 1.70. The highest BCUT2D eigenvalue weighted by molar-refractivity contribution is 7.84. The van der Waals surface area contributed by atoms with Crippen molar-refractivity contribution in [3.05, 3.63) is 60.2 Å². The molecule has 116 valence electrons. The van der Waals surface area contributed by atoms with Gasteiger partial charge in [-0.25, -0.2) is 0 Å². The Bertz CT molecular complexity index is 656. The van der Waals surface area contributed by atoms with Gasteiger partial charge in [-0.15, -0.1) is 0 Å². The second-order valence-corrected chi connectivity index (χ2v) is 6.54. The van der Waals surface area contributed by atoms with Crippen LogP contribution in [0.4, 0.5) is 0 Å². The van der Waals surface area contributed by atoms with Crippen LogP contribution in [0.1, 0.15) is 5.56 Å². The Morgan fingerprint density at radius 1 is 1.05 bits per heavy atom. The third-order valence-corrected chi connectivity index (χ3v) is 4.21. The normalized spacial score (nSPS) is 11.7.